The molecule has 2 heterocycles. The fourth-order valence-electron chi connectivity index (χ4n) is 2.37. The van der Waals surface area contributed by atoms with Gasteiger partial charge < -0.3 is 10.2 Å². The van der Waals surface area contributed by atoms with E-state index in [1.54, 1.807) is 12.3 Å². The molecule has 1 N–H and O–H groups in total. The fraction of sp³-hybridized carbons (Fsp3) is 0.600. The zero-order valence-corrected chi connectivity index (χ0v) is 13.1. The number of piperidine rings is 1. The molecule has 0 bridgehead atoms. The summed E-state index contributed by atoms with van der Waals surface area (Å²) >= 11 is 6.13. The summed E-state index contributed by atoms with van der Waals surface area (Å²) in [5, 5.41) is 3.52. The number of hydrogen-bond acceptors (Lipinski definition) is 3. The molecule has 0 atom stereocenters. The standard InChI is InChI=1S/C15H22ClN3O/c1-4-17-13-9-11(12(16)10-18-13)14(20)19-7-5-15(2,3)6-8-19/h9-10H,4-8H2,1-3H3,(H,17,18). The van der Waals surface area contributed by atoms with Crippen LogP contribution in [0.3, 0.4) is 0 Å². The Morgan fingerprint density at radius 3 is 2.70 bits per heavy atom. The number of pyridine rings is 1. The van der Waals surface area contributed by atoms with E-state index >= 15 is 0 Å². The highest BCUT2D eigenvalue weighted by atomic mass is 35.5. The van der Waals surface area contributed by atoms with Crippen LogP contribution >= 0.6 is 11.6 Å². The Hall–Kier alpha value is -1.29. The highest BCUT2D eigenvalue weighted by Gasteiger charge is 2.29. The van der Waals surface area contributed by atoms with Crippen molar-refractivity contribution in [3.63, 3.8) is 0 Å². The lowest BCUT2D eigenvalue weighted by atomic mass is 9.82. The lowest BCUT2D eigenvalue weighted by Crippen LogP contribution is -2.41. The summed E-state index contributed by atoms with van der Waals surface area (Å²) in [4.78, 5) is 18.6. The van der Waals surface area contributed by atoms with Crippen molar-refractivity contribution < 1.29 is 4.79 Å². The molecule has 1 aliphatic heterocycles. The average Bonchev–Trinajstić information content (AvgIpc) is 2.40. The van der Waals surface area contributed by atoms with Crippen LogP contribution < -0.4 is 5.32 Å². The first-order chi connectivity index (χ1) is 9.43. The summed E-state index contributed by atoms with van der Waals surface area (Å²) in [6.07, 6.45) is 3.60. The number of carbonyl (C=O) groups excluding carboxylic acids is 1. The van der Waals surface area contributed by atoms with Crippen molar-refractivity contribution >= 4 is 23.3 Å². The number of halogens is 1. The molecule has 5 heteroatoms. The molecule has 20 heavy (non-hydrogen) atoms. The maximum Gasteiger partial charge on any atom is 0.255 e. The number of rotatable bonds is 3. The monoisotopic (exact) mass is 295 g/mol. The molecule has 4 nitrogen and oxygen atoms in total. The summed E-state index contributed by atoms with van der Waals surface area (Å²) in [7, 11) is 0. The van der Waals surface area contributed by atoms with Gasteiger partial charge in [-0.25, -0.2) is 4.98 Å². The van der Waals surface area contributed by atoms with E-state index in [0.717, 1.165) is 32.5 Å². The van der Waals surface area contributed by atoms with Gasteiger partial charge in [-0.05, 0) is 31.2 Å². The SMILES string of the molecule is CCNc1cc(C(=O)N2CCC(C)(C)CC2)c(Cl)cn1. The van der Waals surface area contributed by atoms with Gasteiger partial charge in [0.15, 0.2) is 0 Å². The summed E-state index contributed by atoms with van der Waals surface area (Å²) in [5.74, 6) is 0.699. The summed E-state index contributed by atoms with van der Waals surface area (Å²) in [6, 6.07) is 1.74. The first kappa shape index (κ1) is 15.1. The minimum Gasteiger partial charge on any atom is -0.370 e. The van der Waals surface area contributed by atoms with E-state index in [1.807, 2.05) is 11.8 Å². The number of anilines is 1. The molecule has 1 aliphatic rings. The van der Waals surface area contributed by atoms with Gasteiger partial charge in [0, 0.05) is 25.8 Å². The first-order valence-corrected chi connectivity index (χ1v) is 7.49. The Balaban J connectivity index is 2.15. The number of amides is 1. The molecule has 0 spiro atoms. The number of nitrogens with one attached hydrogen (secondary N) is 1. The van der Waals surface area contributed by atoms with Crippen molar-refractivity contribution in [3.8, 4) is 0 Å². The molecule has 0 saturated carbocycles. The Morgan fingerprint density at radius 1 is 1.45 bits per heavy atom. The highest BCUT2D eigenvalue weighted by Crippen LogP contribution is 2.31. The van der Waals surface area contributed by atoms with Crippen LogP contribution in [0.1, 0.15) is 44.0 Å². The molecule has 0 unspecified atom stereocenters. The quantitative estimate of drug-likeness (QED) is 0.929. The summed E-state index contributed by atoms with van der Waals surface area (Å²) < 4.78 is 0. The minimum absolute atomic E-state index is 0.00653. The average molecular weight is 296 g/mol. The molecule has 0 aromatic carbocycles. The second kappa shape index (κ2) is 6.00. The molecule has 2 rings (SSSR count). The van der Waals surface area contributed by atoms with Gasteiger partial charge in [-0.1, -0.05) is 25.4 Å². The number of aromatic nitrogens is 1. The van der Waals surface area contributed by atoms with Crippen LogP contribution in [0.4, 0.5) is 5.82 Å². The molecule has 1 amide bonds. The van der Waals surface area contributed by atoms with Crippen LogP contribution in [-0.4, -0.2) is 35.4 Å². The van der Waals surface area contributed by atoms with E-state index in [0.29, 0.717) is 21.8 Å². The molecule has 1 saturated heterocycles. The molecule has 0 aliphatic carbocycles. The zero-order valence-electron chi connectivity index (χ0n) is 12.4. The highest BCUT2D eigenvalue weighted by molar-refractivity contribution is 6.33. The van der Waals surface area contributed by atoms with Crippen LogP contribution in [-0.2, 0) is 0 Å². The van der Waals surface area contributed by atoms with Crippen LogP contribution in [0.25, 0.3) is 0 Å². The first-order valence-electron chi connectivity index (χ1n) is 7.11. The largest absolute Gasteiger partial charge is 0.370 e. The number of carbonyl (C=O) groups is 1. The molecule has 110 valence electrons. The predicted octanol–water partition coefficient (Wildman–Crippen LogP) is 3.43. The third kappa shape index (κ3) is 3.42. The third-order valence-electron chi connectivity index (χ3n) is 3.85. The zero-order chi connectivity index (χ0) is 14.8. The Labute approximate surface area is 125 Å². The second-order valence-corrected chi connectivity index (χ2v) is 6.44. The van der Waals surface area contributed by atoms with Gasteiger partial charge in [0.1, 0.15) is 5.82 Å². The van der Waals surface area contributed by atoms with Gasteiger partial charge in [-0.2, -0.15) is 0 Å². The maximum atomic E-state index is 12.6. The molecule has 1 aromatic heterocycles. The van der Waals surface area contributed by atoms with Crippen molar-refractivity contribution in [2.75, 3.05) is 25.0 Å². The van der Waals surface area contributed by atoms with Gasteiger partial charge in [0.05, 0.1) is 10.6 Å². The molecule has 0 radical (unpaired) electrons. The summed E-state index contributed by atoms with van der Waals surface area (Å²) in [6.45, 7) is 8.84. The van der Waals surface area contributed by atoms with Gasteiger partial charge in [-0.3, -0.25) is 4.79 Å². The number of likely N-dealkylation sites (tertiary alicyclic amines) is 1. The van der Waals surface area contributed by atoms with Gasteiger partial charge in [0.25, 0.3) is 5.91 Å². The summed E-state index contributed by atoms with van der Waals surface area (Å²) in [5.41, 5.74) is 0.866. The van der Waals surface area contributed by atoms with E-state index in [9.17, 15) is 4.79 Å². The van der Waals surface area contributed by atoms with Crippen molar-refractivity contribution in [2.45, 2.75) is 33.6 Å². The topological polar surface area (TPSA) is 45.2 Å². The smallest absolute Gasteiger partial charge is 0.255 e. The molecular weight excluding hydrogens is 274 g/mol. The van der Waals surface area contributed by atoms with E-state index < -0.39 is 0 Å². The van der Waals surface area contributed by atoms with Crippen LogP contribution in [0.15, 0.2) is 12.3 Å². The number of nitrogens with zero attached hydrogens (tertiary/aromatic N) is 2. The van der Waals surface area contributed by atoms with Crippen LogP contribution in [0.5, 0.6) is 0 Å². The number of hydrogen-bond donors (Lipinski definition) is 1. The molecule has 1 aromatic rings. The second-order valence-electron chi connectivity index (χ2n) is 6.04. The van der Waals surface area contributed by atoms with E-state index in [2.05, 4.69) is 24.1 Å². The Kier molecular flexibility index (Phi) is 4.53. The molecular formula is C15H22ClN3O. The van der Waals surface area contributed by atoms with E-state index in [-0.39, 0.29) is 5.91 Å². The van der Waals surface area contributed by atoms with E-state index in [4.69, 9.17) is 11.6 Å². The van der Waals surface area contributed by atoms with Crippen molar-refractivity contribution in [1.29, 1.82) is 0 Å². The Morgan fingerprint density at radius 2 is 2.10 bits per heavy atom. The van der Waals surface area contributed by atoms with Crippen molar-refractivity contribution in [1.82, 2.24) is 9.88 Å². The van der Waals surface area contributed by atoms with Gasteiger partial charge in [0.2, 0.25) is 0 Å². The van der Waals surface area contributed by atoms with Gasteiger partial charge in [-0.15, -0.1) is 0 Å². The van der Waals surface area contributed by atoms with E-state index in [1.165, 1.54) is 0 Å². The van der Waals surface area contributed by atoms with Crippen molar-refractivity contribution in [3.05, 3.63) is 22.8 Å². The Bertz CT molecular complexity index is 492. The normalized spacial score (nSPS) is 17.9. The van der Waals surface area contributed by atoms with Crippen molar-refractivity contribution in [2.24, 2.45) is 5.41 Å². The van der Waals surface area contributed by atoms with Crippen LogP contribution in [0, 0.1) is 5.41 Å². The minimum atomic E-state index is 0.00653. The van der Waals surface area contributed by atoms with Crippen LogP contribution in [0.2, 0.25) is 5.02 Å². The van der Waals surface area contributed by atoms with Gasteiger partial charge >= 0.3 is 0 Å². The maximum absolute atomic E-state index is 12.6. The lowest BCUT2D eigenvalue weighted by Gasteiger charge is -2.37. The molecule has 1 fully saturated rings. The fourth-order valence-corrected chi connectivity index (χ4v) is 2.55. The predicted molar refractivity (Wildman–Crippen MR) is 82.3 cm³/mol. The third-order valence-corrected chi connectivity index (χ3v) is 4.15. The lowest BCUT2D eigenvalue weighted by molar-refractivity contribution is 0.0630.